The molecule has 0 bridgehead atoms. The molecular formula is C14H20F3NO2. The molecule has 6 heteroatoms. The van der Waals surface area contributed by atoms with Crippen molar-refractivity contribution in [3.63, 3.8) is 0 Å². The molecule has 0 aliphatic rings. The molecule has 0 heterocycles. The van der Waals surface area contributed by atoms with Gasteiger partial charge in [-0.2, -0.15) is 0 Å². The number of hydrogen-bond acceptors (Lipinski definition) is 3. The van der Waals surface area contributed by atoms with E-state index < -0.39 is 6.36 Å². The van der Waals surface area contributed by atoms with Crippen LogP contribution in [0.1, 0.15) is 25.8 Å². The van der Waals surface area contributed by atoms with E-state index in [1.54, 1.807) is 6.07 Å². The molecule has 0 amide bonds. The first-order valence-electron chi connectivity index (χ1n) is 6.38. The van der Waals surface area contributed by atoms with Gasteiger partial charge in [-0.3, -0.25) is 0 Å². The summed E-state index contributed by atoms with van der Waals surface area (Å²) in [7, 11) is 0. The van der Waals surface area contributed by atoms with E-state index >= 15 is 0 Å². The van der Waals surface area contributed by atoms with Crippen LogP contribution in [0.2, 0.25) is 0 Å². The van der Waals surface area contributed by atoms with Crippen LogP contribution in [0.4, 0.5) is 13.2 Å². The zero-order valence-electron chi connectivity index (χ0n) is 11.6. The van der Waals surface area contributed by atoms with Crippen molar-refractivity contribution in [2.75, 3.05) is 13.2 Å². The summed E-state index contributed by atoms with van der Waals surface area (Å²) in [6, 6.07) is 5.89. The molecule has 0 fully saturated rings. The molecule has 0 saturated carbocycles. The number of hydrogen-bond donors (Lipinski definition) is 2. The van der Waals surface area contributed by atoms with Gasteiger partial charge in [-0.05, 0) is 29.5 Å². The summed E-state index contributed by atoms with van der Waals surface area (Å²) in [5.41, 5.74) is 0.654. The predicted molar refractivity (Wildman–Crippen MR) is 70.3 cm³/mol. The average Bonchev–Trinajstić information content (AvgIpc) is 2.26. The number of rotatable bonds is 7. The molecule has 1 aromatic rings. The van der Waals surface area contributed by atoms with Crippen molar-refractivity contribution >= 4 is 0 Å². The summed E-state index contributed by atoms with van der Waals surface area (Å²) in [4.78, 5) is 0. The smallest absolute Gasteiger partial charge is 0.406 e. The number of halogens is 3. The molecule has 20 heavy (non-hydrogen) atoms. The van der Waals surface area contributed by atoms with E-state index in [1.165, 1.54) is 18.2 Å². The van der Waals surface area contributed by atoms with Gasteiger partial charge in [0.15, 0.2) is 0 Å². The zero-order valence-corrected chi connectivity index (χ0v) is 11.6. The van der Waals surface area contributed by atoms with Crippen molar-refractivity contribution in [3.05, 3.63) is 29.8 Å². The highest BCUT2D eigenvalue weighted by molar-refractivity contribution is 5.28. The molecule has 2 N–H and O–H groups in total. The highest BCUT2D eigenvalue weighted by atomic mass is 19.4. The van der Waals surface area contributed by atoms with Gasteiger partial charge in [0.25, 0.3) is 0 Å². The fourth-order valence-corrected chi connectivity index (χ4v) is 1.79. The number of benzene rings is 1. The molecule has 0 aliphatic carbocycles. The number of ether oxygens (including phenoxy) is 1. The van der Waals surface area contributed by atoms with Crippen LogP contribution in [0.5, 0.6) is 5.75 Å². The van der Waals surface area contributed by atoms with Gasteiger partial charge in [-0.1, -0.05) is 26.0 Å². The second kappa shape index (κ2) is 6.95. The minimum absolute atomic E-state index is 0.0607. The standard InChI is InChI=1S/C14H20F3NO2/c1-13(2,6-7-19)10-18-9-11-4-3-5-12(8-11)20-14(15,16)17/h3-5,8,18-19H,6-7,9-10H2,1-2H3. The summed E-state index contributed by atoms with van der Waals surface area (Å²) in [5, 5.41) is 12.1. The fourth-order valence-electron chi connectivity index (χ4n) is 1.79. The van der Waals surface area contributed by atoms with Crippen molar-refractivity contribution < 1.29 is 23.0 Å². The molecular weight excluding hydrogens is 271 g/mol. The van der Waals surface area contributed by atoms with E-state index in [0.29, 0.717) is 25.1 Å². The monoisotopic (exact) mass is 291 g/mol. The summed E-state index contributed by atoms with van der Waals surface area (Å²) < 4.78 is 40.2. The van der Waals surface area contributed by atoms with E-state index in [1.807, 2.05) is 13.8 Å². The Bertz CT molecular complexity index is 419. The zero-order chi connectivity index (χ0) is 15.2. The highest BCUT2D eigenvalue weighted by Crippen LogP contribution is 2.23. The van der Waals surface area contributed by atoms with Gasteiger partial charge >= 0.3 is 6.36 Å². The van der Waals surface area contributed by atoms with Crippen molar-refractivity contribution in [2.45, 2.75) is 33.2 Å². The normalized spacial score (nSPS) is 12.5. The van der Waals surface area contributed by atoms with Crippen LogP contribution >= 0.6 is 0 Å². The maximum atomic E-state index is 12.1. The third-order valence-electron chi connectivity index (χ3n) is 2.85. The second-order valence-electron chi connectivity index (χ2n) is 5.44. The lowest BCUT2D eigenvalue weighted by molar-refractivity contribution is -0.274. The van der Waals surface area contributed by atoms with Gasteiger partial charge in [0.1, 0.15) is 5.75 Å². The van der Waals surface area contributed by atoms with E-state index in [0.717, 1.165) is 0 Å². The summed E-state index contributed by atoms with van der Waals surface area (Å²) in [6.07, 6.45) is -4.01. The highest BCUT2D eigenvalue weighted by Gasteiger charge is 2.31. The van der Waals surface area contributed by atoms with Crippen LogP contribution in [-0.4, -0.2) is 24.6 Å². The molecule has 0 unspecified atom stereocenters. The first kappa shape index (κ1) is 16.8. The number of alkyl halides is 3. The second-order valence-corrected chi connectivity index (χ2v) is 5.44. The van der Waals surface area contributed by atoms with Crippen molar-refractivity contribution in [1.29, 1.82) is 0 Å². The van der Waals surface area contributed by atoms with Crippen molar-refractivity contribution in [1.82, 2.24) is 5.32 Å². The number of aliphatic hydroxyl groups excluding tert-OH is 1. The molecule has 0 saturated heterocycles. The topological polar surface area (TPSA) is 41.5 Å². The molecule has 0 spiro atoms. The Hall–Kier alpha value is -1.27. The Labute approximate surface area is 116 Å². The van der Waals surface area contributed by atoms with Gasteiger partial charge in [0, 0.05) is 19.7 Å². The number of aliphatic hydroxyl groups is 1. The van der Waals surface area contributed by atoms with E-state index in [9.17, 15) is 13.2 Å². The fraction of sp³-hybridized carbons (Fsp3) is 0.571. The Morgan fingerprint density at radius 3 is 2.55 bits per heavy atom. The van der Waals surface area contributed by atoms with Crippen LogP contribution in [-0.2, 0) is 6.54 Å². The summed E-state index contributed by atoms with van der Waals surface area (Å²) in [5.74, 6) is -0.216. The molecule has 0 aromatic heterocycles. The molecule has 1 rings (SSSR count). The lowest BCUT2D eigenvalue weighted by Gasteiger charge is -2.24. The van der Waals surface area contributed by atoms with Gasteiger partial charge in [0.05, 0.1) is 0 Å². The molecule has 0 radical (unpaired) electrons. The van der Waals surface area contributed by atoms with Crippen molar-refractivity contribution in [2.24, 2.45) is 5.41 Å². The molecule has 114 valence electrons. The maximum Gasteiger partial charge on any atom is 0.573 e. The number of nitrogens with one attached hydrogen (secondary N) is 1. The summed E-state index contributed by atoms with van der Waals surface area (Å²) in [6.45, 7) is 5.25. The average molecular weight is 291 g/mol. The van der Waals surface area contributed by atoms with Crippen LogP contribution in [0.25, 0.3) is 0 Å². The Morgan fingerprint density at radius 1 is 1.25 bits per heavy atom. The molecule has 0 aliphatic heterocycles. The van der Waals surface area contributed by atoms with E-state index in [4.69, 9.17) is 5.11 Å². The van der Waals surface area contributed by atoms with E-state index in [2.05, 4.69) is 10.1 Å². The lowest BCUT2D eigenvalue weighted by atomic mass is 9.90. The molecule has 0 atom stereocenters. The quantitative estimate of drug-likeness (QED) is 0.811. The Kier molecular flexibility index (Phi) is 5.83. The third-order valence-corrected chi connectivity index (χ3v) is 2.85. The first-order valence-corrected chi connectivity index (χ1v) is 6.38. The minimum atomic E-state index is -4.67. The largest absolute Gasteiger partial charge is 0.573 e. The summed E-state index contributed by atoms with van der Waals surface area (Å²) >= 11 is 0. The van der Waals surface area contributed by atoms with Crippen LogP contribution in [0.3, 0.4) is 0 Å². The minimum Gasteiger partial charge on any atom is -0.406 e. The molecule has 1 aromatic carbocycles. The van der Waals surface area contributed by atoms with Gasteiger partial charge in [-0.15, -0.1) is 13.2 Å². The molecule has 3 nitrogen and oxygen atoms in total. The van der Waals surface area contributed by atoms with E-state index in [-0.39, 0.29) is 17.8 Å². The van der Waals surface area contributed by atoms with Crippen LogP contribution < -0.4 is 10.1 Å². The first-order chi connectivity index (χ1) is 9.22. The Morgan fingerprint density at radius 2 is 1.95 bits per heavy atom. The maximum absolute atomic E-state index is 12.1. The predicted octanol–water partition coefficient (Wildman–Crippen LogP) is 3.08. The van der Waals surface area contributed by atoms with Crippen LogP contribution in [0.15, 0.2) is 24.3 Å². The van der Waals surface area contributed by atoms with Gasteiger partial charge < -0.3 is 15.2 Å². The SMILES string of the molecule is CC(C)(CCO)CNCc1cccc(OC(F)(F)F)c1. The van der Waals surface area contributed by atoms with Gasteiger partial charge in [-0.25, -0.2) is 0 Å². The van der Waals surface area contributed by atoms with Crippen molar-refractivity contribution in [3.8, 4) is 5.75 Å². The van der Waals surface area contributed by atoms with Gasteiger partial charge in [0.2, 0.25) is 0 Å². The van der Waals surface area contributed by atoms with Crippen LogP contribution in [0, 0.1) is 5.41 Å². The third kappa shape index (κ3) is 6.77. The lowest BCUT2D eigenvalue weighted by Crippen LogP contribution is -2.29. The Balaban J connectivity index is 2.51.